The summed E-state index contributed by atoms with van der Waals surface area (Å²) >= 11 is 0. The lowest BCUT2D eigenvalue weighted by molar-refractivity contribution is 0.346. The lowest BCUT2D eigenvalue weighted by Gasteiger charge is -2.22. The van der Waals surface area contributed by atoms with Crippen LogP contribution in [0, 0.1) is 5.82 Å². The molecular formula is C11H18FN5. The van der Waals surface area contributed by atoms with Gasteiger partial charge in [-0.1, -0.05) is 0 Å². The standard InChI is InChI=1S/C11H18FN5/c1-16(6-7-17-4-2-3-5-17)10-9(12)8-14-11(13)15-10/h8H,2-7H2,1H3,(H2,13,14,15). The van der Waals surface area contributed by atoms with Crippen LogP contribution in [0.4, 0.5) is 16.2 Å². The topological polar surface area (TPSA) is 58.3 Å². The van der Waals surface area contributed by atoms with Gasteiger partial charge < -0.3 is 15.5 Å². The van der Waals surface area contributed by atoms with Crippen LogP contribution in [0.2, 0.25) is 0 Å². The van der Waals surface area contributed by atoms with Gasteiger partial charge in [-0.2, -0.15) is 4.98 Å². The second kappa shape index (κ2) is 5.27. The van der Waals surface area contributed by atoms with E-state index in [0.717, 1.165) is 32.4 Å². The van der Waals surface area contributed by atoms with E-state index >= 15 is 0 Å². The Labute approximate surface area is 100 Å². The van der Waals surface area contributed by atoms with Crippen LogP contribution >= 0.6 is 0 Å². The van der Waals surface area contributed by atoms with Gasteiger partial charge in [-0.05, 0) is 25.9 Å². The number of nitrogen functional groups attached to an aromatic ring is 1. The molecule has 2 heterocycles. The van der Waals surface area contributed by atoms with Gasteiger partial charge in [0.25, 0.3) is 0 Å². The molecule has 6 heteroatoms. The predicted molar refractivity (Wildman–Crippen MR) is 65.3 cm³/mol. The predicted octanol–water partition coefficient (Wildman–Crippen LogP) is 0.730. The summed E-state index contributed by atoms with van der Waals surface area (Å²) in [6.45, 7) is 3.96. The summed E-state index contributed by atoms with van der Waals surface area (Å²) in [6, 6.07) is 0. The summed E-state index contributed by atoms with van der Waals surface area (Å²) in [5, 5.41) is 0. The minimum atomic E-state index is -0.428. The number of hydrogen-bond acceptors (Lipinski definition) is 5. The molecule has 2 rings (SSSR count). The summed E-state index contributed by atoms with van der Waals surface area (Å²) in [6.07, 6.45) is 3.64. The zero-order chi connectivity index (χ0) is 12.3. The van der Waals surface area contributed by atoms with Crippen LogP contribution in [0.5, 0.6) is 0 Å². The van der Waals surface area contributed by atoms with Crippen molar-refractivity contribution >= 4 is 11.8 Å². The fraction of sp³-hybridized carbons (Fsp3) is 0.636. The number of hydrogen-bond donors (Lipinski definition) is 1. The number of likely N-dealkylation sites (N-methyl/N-ethyl adjacent to an activating group) is 1. The summed E-state index contributed by atoms with van der Waals surface area (Å²) in [5.41, 5.74) is 5.46. The van der Waals surface area contributed by atoms with Crippen molar-refractivity contribution < 1.29 is 4.39 Å². The number of anilines is 2. The first kappa shape index (κ1) is 12.0. The van der Waals surface area contributed by atoms with Crippen LogP contribution in [-0.2, 0) is 0 Å². The summed E-state index contributed by atoms with van der Waals surface area (Å²) in [7, 11) is 1.82. The Bertz CT molecular complexity index is 378. The van der Waals surface area contributed by atoms with Crippen molar-refractivity contribution in [2.24, 2.45) is 0 Å². The fourth-order valence-electron chi connectivity index (χ4n) is 2.04. The van der Waals surface area contributed by atoms with Crippen molar-refractivity contribution in [1.82, 2.24) is 14.9 Å². The van der Waals surface area contributed by atoms with Gasteiger partial charge >= 0.3 is 0 Å². The van der Waals surface area contributed by atoms with Crippen LogP contribution in [0.1, 0.15) is 12.8 Å². The lowest BCUT2D eigenvalue weighted by Crippen LogP contribution is -2.32. The van der Waals surface area contributed by atoms with E-state index < -0.39 is 5.82 Å². The highest BCUT2D eigenvalue weighted by Crippen LogP contribution is 2.15. The molecule has 1 aromatic heterocycles. The molecule has 1 aromatic rings. The molecule has 1 aliphatic heterocycles. The SMILES string of the molecule is CN(CCN1CCCC1)c1nc(N)ncc1F. The molecule has 1 saturated heterocycles. The van der Waals surface area contributed by atoms with Gasteiger partial charge in [0, 0.05) is 20.1 Å². The van der Waals surface area contributed by atoms with E-state index in [4.69, 9.17) is 5.73 Å². The van der Waals surface area contributed by atoms with Crippen molar-refractivity contribution in [1.29, 1.82) is 0 Å². The van der Waals surface area contributed by atoms with Gasteiger partial charge in [0.05, 0.1) is 6.20 Å². The Morgan fingerprint density at radius 1 is 1.47 bits per heavy atom. The highest BCUT2D eigenvalue weighted by molar-refractivity contribution is 5.41. The van der Waals surface area contributed by atoms with Gasteiger partial charge in [-0.25, -0.2) is 9.37 Å². The van der Waals surface area contributed by atoms with Crippen LogP contribution in [0.15, 0.2) is 6.20 Å². The van der Waals surface area contributed by atoms with Crippen LogP contribution < -0.4 is 10.6 Å². The van der Waals surface area contributed by atoms with Gasteiger partial charge in [-0.15, -0.1) is 0 Å². The molecule has 0 saturated carbocycles. The lowest BCUT2D eigenvalue weighted by atomic mass is 10.4. The monoisotopic (exact) mass is 239 g/mol. The molecule has 0 unspecified atom stereocenters. The summed E-state index contributed by atoms with van der Waals surface area (Å²) in [5.74, 6) is -0.0470. The van der Waals surface area contributed by atoms with E-state index in [1.165, 1.54) is 12.8 Å². The van der Waals surface area contributed by atoms with Crippen LogP contribution in [0.3, 0.4) is 0 Å². The van der Waals surface area contributed by atoms with E-state index in [9.17, 15) is 4.39 Å². The Balaban J connectivity index is 1.93. The molecule has 0 atom stereocenters. The normalized spacial score (nSPS) is 16.4. The molecule has 94 valence electrons. The molecule has 0 aliphatic carbocycles. The maximum atomic E-state index is 13.5. The third-order valence-corrected chi connectivity index (χ3v) is 3.06. The van der Waals surface area contributed by atoms with E-state index in [-0.39, 0.29) is 11.8 Å². The summed E-state index contributed by atoms with van der Waals surface area (Å²) in [4.78, 5) is 11.7. The van der Waals surface area contributed by atoms with Crippen molar-refractivity contribution in [2.45, 2.75) is 12.8 Å². The molecular weight excluding hydrogens is 221 g/mol. The van der Waals surface area contributed by atoms with Gasteiger partial charge in [0.2, 0.25) is 5.95 Å². The first-order chi connectivity index (χ1) is 8.16. The molecule has 0 spiro atoms. The molecule has 1 aliphatic rings. The minimum absolute atomic E-state index is 0.106. The summed E-state index contributed by atoms with van der Waals surface area (Å²) < 4.78 is 13.5. The third kappa shape index (κ3) is 3.03. The van der Waals surface area contributed by atoms with Gasteiger partial charge in [-0.3, -0.25) is 0 Å². The number of halogens is 1. The average Bonchev–Trinajstić information content (AvgIpc) is 2.82. The Morgan fingerprint density at radius 2 is 2.18 bits per heavy atom. The van der Waals surface area contributed by atoms with Crippen molar-refractivity contribution in [2.75, 3.05) is 43.9 Å². The first-order valence-electron chi connectivity index (χ1n) is 5.88. The fourth-order valence-corrected chi connectivity index (χ4v) is 2.04. The van der Waals surface area contributed by atoms with Crippen molar-refractivity contribution in [3.63, 3.8) is 0 Å². The number of nitrogens with zero attached hydrogens (tertiary/aromatic N) is 4. The second-order valence-corrected chi connectivity index (χ2v) is 4.37. The van der Waals surface area contributed by atoms with Crippen LogP contribution in [0.25, 0.3) is 0 Å². The quantitative estimate of drug-likeness (QED) is 0.839. The van der Waals surface area contributed by atoms with E-state index in [1.807, 2.05) is 7.05 Å². The maximum Gasteiger partial charge on any atom is 0.222 e. The molecule has 0 radical (unpaired) electrons. The number of aromatic nitrogens is 2. The van der Waals surface area contributed by atoms with E-state index in [1.54, 1.807) is 4.90 Å². The highest BCUT2D eigenvalue weighted by atomic mass is 19.1. The smallest absolute Gasteiger partial charge is 0.222 e. The number of nitrogens with two attached hydrogens (primary N) is 1. The zero-order valence-electron chi connectivity index (χ0n) is 10.1. The van der Waals surface area contributed by atoms with Crippen molar-refractivity contribution in [3.8, 4) is 0 Å². The third-order valence-electron chi connectivity index (χ3n) is 3.06. The van der Waals surface area contributed by atoms with Gasteiger partial charge in [0.1, 0.15) is 0 Å². The zero-order valence-corrected chi connectivity index (χ0v) is 10.1. The van der Waals surface area contributed by atoms with E-state index in [2.05, 4.69) is 14.9 Å². The first-order valence-corrected chi connectivity index (χ1v) is 5.88. The minimum Gasteiger partial charge on any atom is -0.368 e. The molecule has 0 amide bonds. The number of rotatable bonds is 4. The molecule has 5 nitrogen and oxygen atoms in total. The van der Waals surface area contributed by atoms with Crippen molar-refractivity contribution in [3.05, 3.63) is 12.0 Å². The Kier molecular flexibility index (Phi) is 3.73. The Hall–Kier alpha value is -1.43. The highest BCUT2D eigenvalue weighted by Gasteiger charge is 2.14. The molecule has 0 aromatic carbocycles. The molecule has 17 heavy (non-hydrogen) atoms. The number of likely N-dealkylation sites (tertiary alicyclic amines) is 1. The maximum absolute atomic E-state index is 13.5. The second-order valence-electron chi connectivity index (χ2n) is 4.37. The average molecular weight is 239 g/mol. The molecule has 2 N–H and O–H groups in total. The van der Waals surface area contributed by atoms with Gasteiger partial charge in [0.15, 0.2) is 11.6 Å². The van der Waals surface area contributed by atoms with Crippen LogP contribution in [-0.4, -0.2) is 48.1 Å². The molecule has 0 bridgehead atoms. The molecule has 1 fully saturated rings. The Morgan fingerprint density at radius 3 is 2.88 bits per heavy atom. The largest absolute Gasteiger partial charge is 0.368 e. The van der Waals surface area contributed by atoms with E-state index in [0.29, 0.717) is 0 Å².